The highest BCUT2D eigenvalue weighted by Crippen LogP contribution is 2.15. The van der Waals surface area contributed by atoms with E-state index in [0.717, 1.165) is 19.4 Å². The number of amides is 1. The molecule has 0 radical (unpaired) electrons. The minimum Gasteiger partial charge on any atom is -0.384 e. The Labute approximate surface area is 124 Å². The molecule has 0 aliphatic carbocycles. The summed E-state index contributed by atoms with van der Waals surface area (Å²) in [6.45, 7) is 3.82. The van der Waals surface area contributed by atoms with Crippen LogP contribution in [-0.4, -0.2) is 53.3 Å². The summed E-state index contributed by atoms with van der Waals surface area (Å²) in [4.78, 5) is 18.4. The maximum absolute atomic E-state index is 12.4. The fourth-order valence-corrected chi connectivity index (χ4v) is 2.39. The van der Waals surface area contributed by atoms with Gasteiger partial charge in [0.2, 0.25) is 0 Å². The minimum absolute atomic E-state index is 0.0685. The van der Waals surface area contributed by atoms with Crippen molar-refractivity contribution in [3.8, 4) is 11.8 Å². The van der Waals surface area contributed by atoms with E-state index in [1.807, 2.05) is 6.92 Å². The van der Waals surface area contributed by atoms with Gasteiger partial charge in [0.15, 0.2) is 0 Å². The van der Waals surface area contributed by atoms with Crippen molar-refractivity contribution >= 4 is 5.91 Å². The van der Waals surface area contributed by atoms with E-state index in [0.29, 0.717) is 24.4 Å². The first-order valence-electron chi connectivity index (χ1n) is 7.21. The quantitative estimate of drug-likeness (QED) is 0.845. The van der Waals surface area contributed by atoms with Gasteiger partial charge in [-0.15, -0.1) is 0 Å². The first-order chi connectivity index (χ1) is 10.2. The van der Waals surface area contributed by atoms with Crippen LogP contribution in [0.15, 0.2) is 18.3 Å². The molecule has 1 unspecified atom stereocenters. The largest absolute Gasteiger partial charge is 0.384 e. The second-order valence-corrected chi connectivity index (χ2v) is 4.86. The van der Waals surface area contributed by atoms with Crippen molar-refractivity contribution in [2.24, 2.45) is 0 Å². The second kappa shape index (κ2) is 7.77. The Hall–Kier alpha value is -1.90. The summed E-state index contributed by atoms with van der Waals surface area (Å²) in [6.07, 6.45) is 3.64. The van der Waals surface area contributed by atoms with Crippen LogP contribution in [-0.2, 0) is 4.74 Å². The van der Waals surface area contributed by atoms with Crippen molar-refractivity contribution in [3.63, 3.8) is 0 Å². The molecule has 21 heavy (non-hydrogen) atoms. The third kappa shape index (κ3) is 4.28. The molecule has 2 heterocycles. The van der Waals surface area contributed by atoms with Crippen molar-refractivity contribution in [2.75, 3.05) is 26.3 Å². The zero-order valence-electron chi connectivity index (χ0n) is 12.2. The van der Waals surface area contributed by atoms with Crippen molar-refractivity contribution in [1.82, 2.24) is 9.88 Å². The monoisotopic (exact) mass is 288 g/mol. The number of piperidine rings is 1. The van der Waals surface area contributed by atoms with Gasteiger partial charge in [-0.25, -0.2) is 4.98 Å². The highest BCUT2D eigenvalue weighted by Gasteiger charge is 2.25. The van der Waals surface area contributed by atoms with E-state index in [-0.39, 0.29) is 18.6 Å². The molecular formula is C16H20N2O3. The number of hydrogen-bond acceptors (Lipinski definition) is 4. The van der Waals surface area contributed by atoms with Gasteiger partial charge in [-0.05, 0) is 31.9 Å². The zero-order valence-corrected chi connectivity index (χ0v) is 12.2. The van der Waals surface area contributed by atoms with Gasteiger partial charge < -0.3 is 14.7 Å². The maximum Gasteiger partial charge on any atom is 0.272 e. The SMILES string of the molecule is CCOC1CCCN(C(=O)c2ccc(C#CCO)cn2)C1. The van der Waals surface area contributed by atoms with E-state index >= 15 is 0 Å². The number of ether oxygens (including phenoxy) is 1. The average molecular weight is 288 g/mol. The fourth-order valence-electron chi connectivity index (χ4n) is 2.39. The summed E-state index contributed by atoms with van der Waals surface area (Å²) in [5.41, 5.74) is 1.10. The van der Waals surface area contributed by atoms with Crippen LogP contribution in [0.4, 0.5) is 0 Å². The van der Waals surface area contributed by atoms with E-state index in [1.165, 1.54) is 0 Å². The molecule has 0 aromatic carbocycles. The minimum atomic E-state index is -0.187. The molecule has 2 rings (SSSR count). The van der Waals surface area contributed by atoms with Crippen LogP contribution >= 0.6 is 0 Å². The van der Waals surface area contributed by atoms with Gasteiger partial charge in [0, 0.05) is 31.5 Å². The zero-order chi connectivity index (χ0) is 15.1. The second-order valence-electron chi connectivity index (χ2n) is 4.86. The molecule has 1 N–H and O–H groups in total. The molecule has 1 amide bonds. The van der Waals surface area contributed by atoms with Crippen molar-refractivity contribution in [1.29, 1.82) is 0 Å². The summed E-state index contributed by atoms with van der Waals surface area (Å²) in [7, 11) is 0. The number of aliphatic hydroxyl groups excluding tert-OH is 1. The summed E-state index contributed by atoms with van der Waals surface area (Å²) < 4.78 is 5.61. The van der Waals surface area contributed by atoms with E-state index in [4.69, 9.17) is 9.84 Å². The Morgan fingerprint density at radius 1 is 1.57 bits per heavy atom. The maximum atomic E-state index is 12.4. The number of aromatic nitrogens is 1. The van der Waals surface area contributed by atoms with E-state index < -0.39 is 0 Å². The summed E-state index contributed by atoms with van der Waals surface area (Å²) in [5.74, 6) is 5.24. The van der Waals surface area contributed by atoms with Crippen molar-refractivity contribution in [3.05, 3.63) is 29.6 Å². The predicted octanol–water partition coefficient (Wildman–Crippen LogP) is 1.07. The first kappa shape index (κ1) is 15.5. The van der Waals surface area contributed by atoms with Crippen LogP contribution in [0, 0.1) is 11.8 Å². The third-order valence-electron chi connectivity index (χ3n) is 3.36. The molecule has 0 spiro atoms. The highest BCUT2D eigenvalue weighted by molar-refractivity contribution is 5.92. The van der Waals surface area contributed by atoms with Gasteiger partial charge in [-0.1, -0.05) is 11.8 Å². The predicted molar refractivity (Wildman–Crippen MR) is 78.8 cm³/mol. The van der Waals surface area contributed by atoms with Crippen LogP contribution < -0.4 is 0 Å². The highest BCUT2D eigenvalue weighted by atomic mass is 16.5. The summed E-state index contributed by atoms with van der Waals surface area (Å²) in [5, 5.41) is 8.64. The molecule has 1 aliphatic rings. The standard InChI is InChI=1S/C16H20N2O3/c1-2-21-14-6-3-9-18(12-14)16(20)15-8-7-13(11-17-15)5-4-10-19/h7-8,11,14,19H,2-3,6,9-10,12H2,1H3. The topological polar surface area (TPSA) is 62.7 Å². The Bertz CT molecular complexity index is 529. The number of carbonyl (C=O) groups is 1. The normalized spacial score (nSPS) is 18.0. The van der Waals surface area contributed by atoms with Gasteiger partial charge in [-0.2, -0.15) is 0 Å². The van der Waals surface area contributed by atoms with Gasteiger partial charge >= 0.3 is 0 Å². The van der Waals surface area contributed by atoms with E-state index in [9.17, 15) is 4.79 Å². The third-order valence-corrected chi connectivity index (χ3v) is 3.36. The number of pyridine rings is 1. The molecule has 5 nitrogen and oxygen atoms in total. The number of hydrogen-bond donors (Lipinski definition) is 1. The molecule has 1 fully saturated rings. The fraction of sp³-hybridized carbons (Fsp3) is 0.500. The lowest BCUT2D eigenvalue weighted by Crippen LogP contribution is -2.43. The smallest absolute Gasteiger partial charge is 0.272 e. The van der Waals surface area contributed by atoms with Crippen LogP contribution in [0.2, 0.25) is 0 Å². The molecular weight excluding hydrogens is 268 g/mol. The van der Waals surface area contributed by atoms with Crippen molar-refractivity contribution < 1.29 is 14.6 Å². The Balaban J connectivity index is 2.02. The lowest BCUT2D eigenvalue weighted by atomic mass is 10.1. The van der Waals surface area contributed by atoms with Gasteiger partial charge in [0.1, 0.15) is 12.3 Å². The lowest BCUT2D eigenvalue weighted by Gasteiger charge is -2.32. The van der Waals surface area contributed by atoms with Gasteiger partial charge in [-0.3, -0.25) is 4.79 Å². The number of likely N-dealkylation sites (tertiary alicyclic amines) is 1. The van der Waals surface area contributed by atoms with Gasteiger partial charge in [0.05, 0.1) is 6.10 Å². The van der Waals surface area contributed by atoms with Crippen LogP contribution in [0.5, 0.6) is 0 Å². The molecule has 1 aromatic rings. The number of aliphatic hydroxyl groups is 1. The summed E-state index contributed by atoms with van der Waals surface area (Å²) >= 11 is 0. The lowest BCUT2D eigenvalue weighted by molar-refractivity contribution is 0.00703. The number of nitrogens with zero attached hydrogens (tertiary/aromatic N) is 2. The molecule has 1 atom stereocenters. The Kier molecular flexibility index (Phi) is 5.73. The summed E-state index contributed by atoms with van der Waals surface area (Å²) in [6, 6.07) is 3.42. The molecule has 112 valence electrons. The number of carbonyl (C=O) groups excluding carboxylic acids is 1. The Morgan fingerprint density at radius 2 is 2.43 bits per heavy atom. The molecule has 1 aliphatic heterocycles. The molecule has 5 heteroatoms. The molecule has 1 saturated heterocycles. The molecule has 0 bridgehead atoms. The average Bonchev–Trinajstić information content (AvgIpc) is 2.53. The van der Waals surface area contributed by atoms with E-state index in [2.05, 4.69) is 16.8 Å². The van der Waals surface area contributed by atoms with E-state index in [1.54, 1.807) is 23.2 Å². The van der Waals surface area contributed by atoms with Crippen LogP contribution in [0.3, 0.4) is 0 Å². The van der Waals surface area contributed by atoms with Crippen molar-refractivity contribution in [2.45, 2.75) is 25.9 Å². The first-order valence-corrected chi connectivity index (χ1v) is 7.21. The molecule has 1 aromatic heterocycles. The Morgan fingerprint density at radius 3 is 3.10 bits per heavy atom. The van der Waals surface area contributed by atoms with Crippen LogP contribution in [0.1, 0.15) is 35.8 Å². The molecule has 0 saturated carbocycles. The van der Waals surface area contributed by atoms with Gasteiger partial charge in [0.25, 0.3) is 5.91 Å². The number of rotatable bonds is 3. The van der Waals surface area contributed by atoms with Crippen LogP contribution in [0.25, 0.3) is 0 Å².